The minimum Gasteiger partial charge on any atom is -0.493 e. The summed E-state index contributed by atoms with van der Waals surface area (Å²) in [7, 11) is 3.13. The number of aromatic amines is 1. The molecule has 0 saturated heterocycles. The number of nitrogens with one attached hydrogen (secondary N) is 3. The minimum atomic E-state index is -0.246. The minimum absolute atomic E-state index is 0.129. The average Bonchev–Trinajstić information content (AvgIpc) is 3.39. The van der Waals surface area contributed by atoms with Crippen LogP contribution in [0.2, 0.25) is 0 Å². The van der Waals surface area contributed by atoms with Crippen LogP contribution in [0.5, 0.6) is 11.5 Å². The first-order chi connectivity index (χ1) is 15.1. The molecule has 0 saturated carbocycles. The molecule has 2 aromatic carbocycles. The number of amides is 2. The quantitative estimate of drug-likeness (QED) is 0.361. The average molecular weight is 439 g/mol. The summed E-state index contributed by atoms with van der Waals surface area (Å²) >= 11 is 1.44. The lowest BCUT2D eigenvalue weighted by Gasteiger charge is -2.07. The van der Waals surface area contributed by atoms with Crippen LogP contribution >= 0.6 is 11.3 Å². The Kier molecular flexibility index (Phi) is 6.03. The first-order valence-electron chi connectivity index (χ1n) is 9.76. The molecule has 0 aliphatic carbocycles. The van der Waals surface area contributed by atoms with Gasteiger partial charge in [0.05, 0.1) is 30.0 Å². The van der Waals surface area contributed by atoms with Crippen LogP contribution in [0, 0.1) is 0 Å². The second kappa shape index (κ2) is 9.05. The van der Waals surface area contributed by atoms with Crippen molar-refractivity contribution in [3.05, 3.63) is 48.2 Å². The van der Waals surface area contributed by atoms with Gasteiger partial charge in [-0.2, -0.15) is 0 Å². The smallest absolute Gasteiger partial charge is 0.267 e. The largest absolute Gasteiger partial charge is 0.493 e. The summed E-state index contributed by atoms with van der Waals surface area (Å²) in [5.41, 5.74) is 2.06. The van der Waals surface area contributed by atoms with Gasteiger partial charge < -0.3 is 25.1 Å². The number of aromatic nitrogens is 2. The van der Waals surface area contributed by atoms with Gasteiger partial charge in [-0.15, -0.1) is 0 Å². The highest BCUT2D eigenvalue weighted by Gasteiger charge is 2.15. The maximum atomic E-state index is 12.5. The van der Waals surface area contributed by atoms with Crippen molar-refractivity contribution >= 4 is 49.4 Å². The highest BCUT2D eigenvalue weighted by molar-refractivity contribution is 7.22. The second-order valence-electron chi connectivity index (χ2n) is 6.84. The number of hydrogen-bond donors (Lipinski definition) is 3. The molecule has 160 valence electrons. The Balaban J connectivity index is 1.29. The van der Waals surface area contributed by atoms with E-state index >= 15 is 0 Å². The number of carbonyl (C=O) groups excluding carboxylic acids is 2. The summed E-state index contributed by atoms with van der Waals surface area (Å²) in [6.07, 6.45) is 0.799. The molecule has 0 aliphatic rings. The lowest BCUT2D eigenvalue weighted by atomic mass is 10.2. The first kappa shape index (κ1) is 20.7. The van der Waals surface area contributed by atoms with Gasteiger partial charge in [0.2, 0.25) is 5.91 Å². The van der Waals surface area contributed by atoms with Gasteiger partial charge in [0.25, 0.3) is 5.91 Å². The molecule has 0 unspecified atom stereocenters. The predicted octanol–water partition coefficient (Wildman–Crippen LogP) is 3.94. The third kappa shape index (κ3) is 4.46. The highest BCUT2D eigenvalue weighted by Crippen LogP contribution is 2.35. The molecular weight excluding hydrogens is 416 g/mol. The van der Waals surface area contributed by atoms with Crippen molar-refractivity contribution in [1.29, 1.82) is 0 Å². The fourth-order valence-corrected chi connectivity index (χ4v) is 4.19. The van der Waals surface area contributed by atoms with E-state index in [0.29, 0.717) is 35.3 Å². The number of fused-ring (bicyclic) bond motifs is 2. The van der Waals surface area contributed by atoms with E-state index in [1.807, 2.05) is 30.3 Å². The van der Waals surface area contributed by atoms with Crippen molar-refractivity contribution in [2.75, 3.05) is 26.1 Å². The van der Waals surface area contributed by atoms with E-state index in [0.717, 1.165) is 21.1 Å². The van der Waals surface area contributed by atoms with E-state index in [1.165, 1.54) is 11.3 Å². The number of hydrogen-bond acceptors (Lipinski definition) is 6. The van der Waals surface area contributed by atoms with Gasteiger partial charge in [-0.25, -0.2) is 4.98 Å². The molecule has 4 aromatic rings. The number of carbonyl (C=O) groups is 2. The monoisotopic (exact) mass is 438 g/mol. The van der Waals surface area contributed by atoms with Crippen molar-refractivity contribution in [2.45, 2.75) is 12.8 Å². The summed E-state index contributed by atoms with van der Waals surface area (Å²) in [6, 6.07) is 13.1. The SMILES string of the molecule is COc1ccc2[nH]c(C(=O)NCCCC(=O)Nc3nc4ccccc4s3)cc2c1OC. The van der Waals surface area contributed by atoms with Crippen LogP contribution in [0.3, 0.4) is 0 Å². The molecule has 4 rings (SSSR count). The van der Waals surface area contributed by atoms with E-state index in [9.17, 15) is 9.59 Å². The second-order valence-corrected chi connectivity index (χ2v) is 7.87. The molecule has 0 atom stereocenters. The van der Waals surface area contributed by atoms with Gasteiger partial charge in [-0.05, 0) is 36.8 Å². The zero-order chi connectivity index (χ0) is 21.8. The lowest BCUT2D eigenvalue weighted by Crippen LogP contribution is -2.25. The fourth-order valence-electron chi connectivity index (χ4n) is 3.30. The highest BCUT2D eigenvalue weighted by atomic mass is 32.1. The van der Waals surface area contributed by atoms with Crippen molar-refractivity contribution in [1.82, 2.24) is 15.3 Å². The Morgan fingerprint density at radius 1 is 1.13 bits per heavy atom. The van der Waals surface area contributed by atoms with Crippen molar-refractivity contribution in [2.24, 2.45) is 0 Å². The number of anilines is 1. The Morgan fingerprint density at radius 3 is 2.74 bits per heavy atom. The zero-order valence-corrected chi connectivity index (χ0v) is 18.0. The molecule has 0 bridgehead atoms. The van der Waals surface area contributed by atoms with Crippen molar-refractivity contribution in [3.8, 4) is 11.5 Å². The van der Waals surface area contributed by atoms with Crippen molar-refractivity contribution < 1.29 is 19.1 Å². The van der Waals surface area contributed by atoms with E-state index < -0.39 is 0 Å². The predicted molar refractivity (Wildman–Crippen MR) is 121 cm³/mol. The number of methoxy groups -OCH3 is 2. The molecule has 3 N–H and O–H groups in total. The number of nitrogens with zero attached hydrogens (tertiary/aromatic N) is 1. The molecule has 2 heterocycles. The van der Waals surface area contributed by atoms with Crippen LogP contribution in [0.25, 0.3) is 21.1 Å². The van der Waals surface area contributed by atoms with Crippen LogP contribution in [-0.4, -0.2) is 42.5 Å². The third-order valence-corrected chi connectivity index (χ3v) is 5.74. The van der Waals surface area contributed by atoms with Crippen LogP contribution in [0.4, 0.5) is 5.13 Å². The number of para-hydroxylation sites is 1. The summed E-state index contributed by atoms with van der Waals surface area (Å²) in [5.74, 6) is 0.793. The van der Waals surface area contributed by atoms with E-state index in [4.69, 9.17) is 9.47 Å². The van der Waals surface area contributed by atoms with Crippen LogP contribution < -0.4 is 20.1 Å². The van der Waals surface area contributed by atoms with Crippen LogP contribution in [0.15, 0.2) is 42.5 Å². The van der Waals surface area contributed by atoms with Crippen molar-refractivity contribution in [3.63, 3.8) is 0 Å². The molecule has 9 heteroatoms. The number of ether oxygens (including phenoxy) is 2. The fraction of sp³-hybridized carbons (Fsp3) is 0.227. The standard InChI is InChI=1S/C22H22N4O4S/c1-29-17-10-9-14-13(20(17)30-2)12-16(24-14)21(28)23-11-5-8-19(27)26-22-25-15-6-3-4-7-18(15)31-22/h3-4,6-7,9-10,12,24H,5,8,11H2,1-2H3,(H,23,28)(H,25,26,27). The number of benzene rings is 2. The molecule has 2 amide bonds. The summed E-state index contributed by atoms with van der Waals surface area (Å²) in [5, 5.41) is 6.99. The summed E-state index contributed by atoms with van der Waals surface area (Å²) in [4.78, 5) is 32.1. The third-order valence-electron chi connectivity index (χ3n) is 4.79. The Labute approximate surface area is 182 Å². The Morgan fingerprint density at radius 2 is 1.97 bits per heavy atom. The topological polar surface area (TPSA) is 105 Å². The molecule has 0 aliphatic heterocycles. The lowest BCUT2D eigenvalue weighted by molar-refractivity contribution is -0.116. The Hall–Kier alpha value is -3.59. The maximum absolute atomic E-state index is 12.5. The summed E-state index contributed by atoms with van der Waals surface area (Å²) in [6.45, 7) is 0.377. The molecular formula is C22H22N4O4S. The van der Waals surface area contributed by atoms with Gasteiger partial charge in [-0.1, -0.05) is 23.5 Å². The van der Waals surface area contributed by atoms with Gasteiger partial charge in [0.15, 0.2) is 16.6 Å². The van der Waals surface area contributed by atoms with Gasteiger partial charge in [0, 0.05) is 18.4 Å². The molecule has 8 nitrogen and oxygen atoms in total. The van der Waals surface area contributed by atoms with Gasteiger partial charge in [0.1, 0.15) is 5.69 Å². The van der Waals surface area contributed by atoms with E-state index in [1.54, 1.807) is 26.4 Å². The molecule has 31 heavy (non-hydrogen) atoms. The molecule has 0 spiro atoms. The van der Waals surface area contributed by atoms with E-state index in [-0.39, 0.29) is 18.2 Å². The molecule has 0 fully saturated rings. The normalized spacial score (nSPS) is 10.9. The van der Waals surface area contributed by atoms with Crippen LogP contribution in [0.1, 0.15) is 23.3 Å². The maximum Gasteiger partial charge on any atom is 0.267 e. The van der Waals surface area contributed by atoms with Gasteiger partial charge in [-0.3, -0.25) is 9.59 Å². The molecule has 0 radical (unpaired) electrons. The zero-order valence-electron chi connectivity index (χ0n) is 17.2. The summed E-state index contributed by atoms with van der Waals surface area (Å²) < 4.78 is 11.7. The van der Waals surface area contributed by atoms with Gasteiger partial charge >= 0.3 is 0 Å². The number of rotatable bonds is 8. The van der Waals surface area contributed by atoms with E-state index in [2.05, 4.69) is 20.6 Å². The number of thiazole rings is 1. The number of H-pyrrole nitrogens is 1. The van der Waals surface area contributed by atoms with Crippen LogP contribution in [-0.2, 0) is 4.79 Å². The Bertz CT molecular complexity index is 1210. The first-order valence-corrected chi connectivity index (χ1v) is 10.6. The molecule has 2 aromatic heterocycles.